The number of halogens is 4. The topological polar surface area (TPSA) is 85.2 Å². The fourth-order valence-electron chi connectivity index (χ4n) is 3.16. The number of rotatable bonds is 6. The van der Waals surface area contributed by atoms with Gasteiger partial charge in [0.2, 0.25) is 0 Å². The van der Waals surface area contributed by atoms with E-state index in [1.165, 1.54) is 18.2 Å². The lowest BCUT2D eigenvalue weighted by atomic mass is 10.1. The number of aromatic nitrogens is 1. The van der Waals surface area contributed by atoms with E-state index in [4.69, 9.17) is 0 Å². The number of nitrogens with one attached hydrogen (secondary N) is 1. The lowest BCUT2D eigenvalue weighted by molar-refractivity contribution is -0.137. The average molecular weight is 590 g/mol. The van der Waals surface area contributed by atoms with Crippen molar-refractivity contribution in [2.75, 3.05) is 0 Å². The highest BCUT2D eigenvalue weighted by Crippen LogP contribution is 2.30. The fraction of sp³-hybridized carbons (Fsp3) is 0.182. The van der Waals surface area contributed by atoms with Gasteiger partial charge in [-0.3, -0.25) is 14.2 Å². The first-order valence-electron chi connectivity index (χ1n) is 9.55. The zero-order valence-electron chi connectivity index (χ0n) is 17.1. The summed E-state index contributed by atoms with van der Waals surface area (Å²) < 4.78 is 62.6. The summed E-state index contributed by atoms with van der Waals surface area (Å²) in [7, 11) is -2.55. The summed E-state index contributed by atoms with van der Waals surface area (Å²) in [5.41, 5.74) is -0.134. The zero-order valence-corrected chi connectivity index (χ0v) is 20.2. The lowest BCUT2D eigenvalue weighted by Gasteiger charge is -2.16. The minimum atomic E-state index is -4.57. The minimum Gasteiger partial charge on any atom is -0.348 e. The normalized spacial score (nSPS) is 11.6. The summed E-state index contributed by atoms with van der Waals surface area (Å²) in [4.78, 5) is 25.8. The van der Waals surface area contributed by atoms with E-state index in [9.17, 15) is 31.2 Å². The molecule has 0 unspecified atom stereocenters. The molecule has 33 heavy (non-hydrogen) atoms. The van der Waals surface area contributed by atoms with Gasteiger partial charge in [-0.25, -0.2) is 8.42 Å². The highest BCUT2D eigenvalue weighted by atomic mass is 127. The van der Waals surface area contributed by atoms with Gasteiger partial charge in [-0.2, -0.15) is 13.2 Å². The van der Waals surface area contributed by atoms with Gasteiger partial charge in [-0.05, 0) is 64.9 Å². The molecule has 0 radical (unpaired) electrons. The number of carbonyl (C=O) groups is 1. The quantitative estimate of drug-likeness (QED) is 0.338. The first-order valence-corrected chi connectivity index (χ1v) is 12.0. The second kappa shape index (κ2) is 10.1. The summed E-state index contributed by atoms with van der Waals surface area (Å²) >= 11 is 1.92. The van der Waals surface area contributed by atoms with Crippen LogP contribution in [0, 0.1) is 10.5 Å². The number of nitrogens with zero attached hydrogens (tertiary/aromatic N) is 1. The Bertz CT molecular complexity index is 1320. The third-order valence-corrected chi connectivity index (χ3v) is 6.56. The fourth-order valence-corrected chi connectivity index (χ4v) is 4.22. The van der Waals surface area contributed by atoms with Gasteiger partial charge in [0.05, 0.1) is 11.3 Å². The lowest BCUT2D eigenvalue weighted by Crippen LogP contribution is -2.33. The Morgan fingerprint density at radius 1 is 1.06 bits per heavy atom. The molecule has 6 nitrogen and oxygen atoms in total. The molecule has 0 fully saturated rings. The molecule has 0 spiro atoms. The Hall–Kier alpha value is -2.67. The number of hydrogen-bond acceptors (Lipinski definition) is 4. The Labute approximate surface area is 202 Å². The minimum absolute atomic E-state index is 0.00665. The molecule has 0 aliphatic rings. The van der Waals surface area contributed by atoms with Crippen LogP contribution in [-0.4, -0.2) is 18.9 Å². The van der Waals surface area contributed by atoms with E-state index in [1.807, 2.05) is 22.6 Å². The van der Waals surface area contributed by atoms with Crippen LogP contribution < -0.4 is 10.9 Å². The van der Waals surface area contributed by atoms with Crippen LogP contribution in [0.2, 0.25) is 0 Å². The smallest absolute Gasteiger partial charge is 0.348 e. The van der Waals surface area contributed by atoms with E-state index in [0.29, 0.717) is 20.4 Å². The van der Waals surface area contributed by atoms with Crippen molar-refractivity contribution in [2.45, 2.75) is 25.4 Å². The monoisotopic (exact) mass is 590 g/mol. The zero-order chi connectivity index (χ0) is 24.3. The molecule has 0 aliphatic heterocycles. The predicted molar refractivity (Wildman–Crippen MR) is 126 cm³/mol. The Morgan fingerprint density at radius 2 is 1.70 bits per heavy atom. The first kappa shape index (κ1) is 25.0. The van der Waals surface area contributed by atoms with E-state index in [2.05, 4.69) is 5.32 Å². The van der Waals surface area contributed by atoms with Gasteiger partial charge in [0.15, 0.2) is 0 Å². The van der Waals surface area contributed by atoms with Crippen LogP contribution in [-0.2, 0) is 29.2 Å². The Morgan fingerprint density at radius 3 is 2.30 bits per heavy atom. The maximum Gasteiger partial charge on any atom is 0.416 e. The van der Waals surface area contributed by atoms with E-state index in [1.54, 1.807) is 31.2 Å². The second-order valence-electron chi connectivity index (χ2n) is 7.17. The highest BCUT2D eigenvalue weighted by molar-refractivity contribution is 14.1. The maximum absolute atomic E-state index is 13.1. The van der Waals surface area contributed by atoms with Crippen LogP contribution in [0.1, 0.15) is 32.7 Å². The molecular formula is C22H18F3IN2O4S. The Balaban J connectivity index is 1.89. The summed E-state index contributed by atoms with van der Waals surface area (Å²) in [6.07, 6.45) is -4.57. The Kier molecular flexibility index (Phi) is 7.62. The number of carbonyl (C=O) groups excluding carboxylic acids is 1. The van der Waals surface area contributed by atoms with E-state index in [0.717, 1.165) is 16.7 Å². The van der Waals surface area contributed by atoms with E-state index < -0.39 is 33.9 Å². The molecule has 3 aromatic rings. The molecule has 2 aromatic carbocycles. The van der Waals surface area contributed by atoms with E-state index >= 15 is 0 Å². The van der Waals surface area contributed by atoms with Crippen molar-refractivity contribution in [3.05, 3.63) is 96.5 Å². The highest BCUT2D eigenvalue weighted by Gasteiger charge is 2.31. The average Bonchev–Trinajstić information content (AvgIpc) is 2.75. The van der Waals surface area contributed by atoms with Crippen molar-refractivity contribution in [1.82, 2.24) is 9.88 Å². The number of alkyl halides is 3. The summed E-state index contributed by atoms with van der Waals surface area (Å²) in [5.74, 6) is -0.760. The van der Waals surface area contributed by atoms with Gasteiger partial charge in [0, 0.05) is 21.5 Å². The van der Waals surface area contributed by atoms with Gasteiger partial charge in [-0.15, -0.1) is 0 Å². The summed E-state index contributed by atoms with van der Waals surface area (Å²) in [5, 5.41) is 2.62. The van der Waals surface area contributed by atoms with Crippen LogP contribution in [0.15, 0.2) is 59.4 Å². The first-order chi connectivity index (χ1) is 15.5. The molecule has 1 N–H and O–H groups in total. The van der Waals surface area contributed by atoms with Crippen molar-refractivity contribution in [1.29, 1.82) is 0 Å². The molecule has 3 rings (SSSR count). The van der Waals surface area contributed by atoms with E-state index in [-0.39, 0.29) is 23.5 Å². The van der Waals surface area contributed by atoms with Gasteiger partial charge in [0.1, 0.15) is 16.3 Å². The van der Waals surface area contributed by atoms with Crippen molar-refractivity contribution in [3.63, 3.8) is 0 Å². The molecule has 174 valence electrons. The summed E-state index contributed by atoms with van der Waals surface area (Å²) in [6, 6.07) is 12.3. The molecular weight excluding hydrogens is 572 g/mol. The van der Waals surface area contributed by atoms with Crippen LogP contribution >= 0.6 is 22.6 Å². The number of thiol groups is 1. The third-order valence-electron chi connectivity index (χ3n) is 4.85. The van der Waals surface area contributed by atoms with Gasteiger partial charge < -0.3 is 5.32 Å². The number of amides is 1. The molecule has 0 saturated heterocycles. The molecule has 0 atom stereocenters. The number of benzene rings is 2. The molecule has 0 aliphatic carbocycles. The van der Waals surface area contributed by atoms with Crippen LogP contribution in [0.25, 0.3) is 5.69 Å². The van der Waals surface area contributed by atoms with Gasteiger partial charge in [-0.1, -0.05) is 30.3 Å². The third kappa shape index (κ3) is 6.02. The maximum atomic E-state index is 13.1. The van der Waals surface area contributed by atoms with Crippen molar-refractivity contribution < 1.29 is 26.4 Å². The summed E-state index contributed by atoms with van der Waals surface area (Å²) in [6.45, 7) is 1.67. The largest absolute Gasteiger partial charge is 0.416 e. The van der Waals surface area contributed by atoms with Gasteiger partial charge in [0.25, 0.3) is 11.5 Å². The van der Waals surface area contributed by atoms with Crippen LogP contribution in [0.3, 0.4) is 0 Å². The molecule has 1 aromatic heterocycles. The van der Waals surface area contributed by atoms with Crippen molar-refractivity contribution >= 4 is 39.2 Å². The van der Waals surface area contributed by atoms with Crippen LogP contribution in [0.4, 0.5) is 13.2 Å². The van der Waals surface area contributed by atoms with Crippen LogP contribution in [0.5, 0.6) is 0 Å². The van der Waals surface area contributed by atoms with Crippen molar-refractivity contribution in [2.24, 2.45) is 0 Å². The standard InChI is InChI=1S/C22H18F3IN2O4S/c1-13-19(26)10-18(20(29)27-11-14-5-7-15(8-6-14)12-33(31)32)21(30)28(13)17-4-2-3-16(9-17)22(23,24)25/h2-10,33H,11-12H2,1H3,(H,27,29). The van der Waals surface area contributed by atoms with Gasteiger partial charge >= 0.3 is 6.18 Å². The SMILES string of the molecule is Cc1c(I)cc(C(=O)NCc2ccc(C[SH](=O)=O)cc2)c(=O)n1-c1cccc(C(F)(F)F)c1. The predicted octanol–water partition coefficient (Wildman–Crippen LogP) is 3.81. The second-order valence-corrected chi connectivity index (χ2v) is 9.31. The molecule has 11 heteroatoms. The molecule has 0 bridgehead atoms. The molecule has 1 amide bonds. The molecule has 1 heterocycles. The number of hydrogen-bond donors (Lipinski definition) is 2. The van der Waals surface area contributed by atoms with Crippen molar-refractivity contribution in [3.8, 4) is 5.69 Å². The number of pyridine rings is 1. The molecule has 0 saturated carbocycles.